The molecule has 0 bridgehead atoms. The summed E-state index contributed by atoms with van der Waals surface area (Å²) in [7, 11) is 0. The van der Waals surface area contributed by atoms with Gasteiger partial charge in [-0.1, -0.05) is 22.0 Å². The van der Waals surface area contributed by atoms with Gasteiger partial charge in [0.15, 0.2) is 5.01 Å². The largest absolute Gasteiger partial charge is 0.443 e. The molecule has 19 heavy (non-hydrogen) atoms. The van der Waals surface area contributed by atoms with Gasteiger partial charge in [-0.05, 0) is 30.2 Å². The van der Waals surface area contributed by atoms with E-state index in [2.05, 4.69) is 20.9 Å². The molecule has 1 atom stereocenters. The fraction of sp³-hybridized carbons (Fsp3) is 0.250. The quantitative estimate of drug-likeness (QED) is 0.877. The lowest BCUT2D eigenvalue weighted by Crippen LogP contribution is -2.11. The first kappa shape index (κ1) is 14.5. The zero-order valence-electron chi connectivity index (χ0n) is 9.83. The lowest BCUT2D eigenvalue weighted by molar-refractivity contribution is -0.137. The van der Waals surface area contributed by atoms with E-state index in [9.17, 15) is 13.2 Å². The molecule has 0 fully saturated rings. The van der Waals surface area contributed by atoms with E-state index in [1.54, 1.807) is 6.07 Å². The average molecular weight is 351 g/mol. The van der Waals surface area contributed by atoms with Crippen LogP contribution in [0.15, 0.2) is 28.9 Å². The Morgan fingerprint density at radius 3 is 2.58 bits per heavy atom. The molecule has 0 spiro atoms. The van der Waals surface area contributed by atoms with E-state index in [-0.39, 0.29) is 0 Å². The summed E-state index contributed by atoms with van der Waals surface area (Å²) in [4.78, 5) is 3.79. The molecule has 0 aliphatic heterocycles. The monoisotopic (exact) mass is 350 g/mol. The first-order valence-corrected chi connectivity index (χ1v) is 6.94. The average Bonchev–Trinajstić information content (AvgIpc) is 2.76. The molecule has 1 heterocycles. The summed E-state index contributed by atoms with van der Waals surface area (Å²) >= 11 is 3.92. The lowest BCUT2D eigenvalue weighted by atomic mass is 10.0. The molecule has 2 N–H and O–H groups in total. The maximum atomic E-state index is 12.5. The number of thiazole rings is 1. The van der Waals surface area contributed by atoms with Gasteiger partial charge < -0.3 is 5.73 Å². The topological polar surface area (TPSA) is 38.9 Å². The van der Waals surface area contributed by atoms with Crippen LogP contribution in [0, 0.1) is 6.92 Å². The number of aryl methyl sites for hydroxylation is 1. The number of hydrogen-bond donors (Lipinski definition) is 1. The Labute approximate surface area is 120 Å². The van der Waals surface area contributed by atoms with Crippen LogP contribution in [0.3, 0.4) is 0 Å². The highest BCUT2D eigenvalue weighted by molar-refractivity contribution is 9.10. The van der Waals surface area contributed by atoms with Crippen molar-refractivity contribution in [2.24, 2.45) is 5.73 Å². The molecular weight excluding hydrogens is 341 g/mol. The normalized spacial score (nSPS) is 13.6. The molecule has 0 radical (unpaired) electrons. The van der Waals surface area contributed by atoms with Gasteiger partial charge in [0.1, 0.15) is 0 Å². The van der Waals surface area contributed by atoms with Crippen molar-refractivity contribution in [2.45, 2.75) is 19.1 Å². The molecule has 0 aliphatic rings. The van der Waals surface area contributed by atoms with Gasteiger partial charge in [-0.2, -0.15) is 13.2 Å². The molecule has 0 amide bonds. The van der Waals surface area contributed by atoms with Gasteiger partial charge in [0.2, 0.25) is 0 Å². The van der Waals surface area contributed by atoms with Crippen molar-refractivity contribution in [3.8, 4) is 0 Å². The molecule has 1 unspecified atom stereocenters. The van der Waals surface area contributed by atoms with Crippen LogP contribution in [0.2, 0.25) is 0 Å². The predicted octanol–water partition coefficient (Wildman–Crippen LogP) is 4.28. The molecule has 0 saturated heterocycles. The van der Waals surface area contributed by atoms with Crippen LogP contribution in [-0.2, 0) is 6.18 Å². The van der Waals surface area contributed by atoms with Crippen molar-refractivity contribution in [2.75, 3.05) is 0 Å². The molecule has 0 aliphatic carbocycles. The third-order valence-corrected chi connectivity index (χ3v) is 4.26. The number of nitrogens with zero attached hydrogens (tertiary/aromatic N) is 1. The molecule has 2 rings (SSSR count). The van der Waals surface area contributed by atoms with E-state index in [1.807, 2.05) is 19.1 Å². The Kier molecular flexibility index (Phi) is 3.98. The zero-order valence-corrected chi connectivity index (χ0v) is 12.2. The highest BCUT2D eigenvalue weighted by Gasteiger charge is 2.35. The number of alkyl halides is 3. The standard InChI is InChI=1S/C12H10BrF3N2S/c1-6-4-7(13)2-3-8(6)10(17)9-5-18-11(19-9)12(14,15)16/h2-5,10H,17H2,1H3. The van der Waals surface area contributed by atoms with E-state index >= 15 is 0 Å². The number of aromatic nitrogens is 1. The Hall–Kier alpha value is -0.920. The molecule has 7 heteroatoms. The molecule has 2 aromatic rings. The maximum Gasteiger partial charge on any atom is 0.443 e. The van der Waals surface area contributed by atoms with Gasteiger partial charge in [-0.3, -0.25) is 0 Å². The highest BCUT2D eigenvalue weighted by atomic mass is 79.9. The van der Waals surface area contributed by atoms with Crippen LogP contribution in [-0.4, -0.2) is 4.98 Å². The molecule has 1 aromatic heterocycles. The predicted molar refractivity (Wildman–Crippen MR) is 72.0 cm³/mol. The molecule has 1 aromatic carbocycles. The number of hydrogen-bond acceptors (Lipinski definition) is 3. The second kappa shape index (κ2) is 5.22. The van der Waals surface area contributed by atoms with Crippen LogP contribution in [0.5, 0.6) is 0 Å². The van der Waals surface area contributed by atoms with E-state index in [1.165, 1.54) is 6.20 Å². The van der Waals surface area contributed by atoms with Crippen molar-refractivity contribution >= 4 is 27.3 Å². The Balaban J connectivity index is 2.34. The summed E-state index contributed by atoms with van der Waals surface area (Å²) in [6.07, 6.45) is -3.23. The molecule has 102 valence electrons. The number of benzene rings is 1. The van der Waals surface area contributed by atoms with Gasteiger partial charge in [-0.15, -0.1) is 11.3 Å². The second-order valence-electron chi connectivity index (χ2n) is 4.04. The van der Waals surface area contributed by atoms with Crippen LogP contribution >= 0.6 is 27.3 Å². The summed E-state index contributed by atoms with van der Waals surface area (Å²) in [6.45, 7) is 1.87. The zero-order chi connectivity index (χ0) is 14.2. The van der Waals surface area contributed by atoms with Gasteiger partial charge in [0, 0.05) is 15.5 Å². The van der Waals surface area contributed by atoms with Gasteiger partial charge in [0.25, 0.3) is 0 Å². The lowest BCUT2D eigenvalue weighted by Gasteiger charge is -2.13. The van der Waals surface area contributed by atoms with Crippen LogP contribution < -0.4 is 5.73 Å². The van der Waals surface area contributed by atoms with Gasteiger partial charge in [-0.25, -0.2) is 4.98 Å². The Morgan fingerprint density at radius 1 is 1.37 bits per heavy atom. The highest BCUT2D eigenvalue weighted by Crippen LogP contribution is 2.36. The molecular formula is C12H10BrF3N2S. The third-order valence-electron chi connectivity index (χ3n) is 2.64. The fourth-order valence-corrected chi connectivity index (χ4v) is 2.98. The Bertz CT molecular complexity index is 595. The number of nitrogens with two attached hydrogens (primary N) is 1. The SMILES string of the molecule is Cc1cc(Br)ccc1C(N)c1cnc(C(F)(F)F)s1. The van der Waals surface area contributed by atoms with Gasteiger partial charge >= 0.3 is 6.18 Å². The first-order valence-electron chi connectivity index (χ1n) is 5.33. The summed E-state index contributed by atoms with van der Waals surface area (Å²) in [5, 5.41) is -0.868. The van der Waals surface area contributed by atoms with E-state index < -0.39 is 17.2 Å². The van der Waals surface area contributed by atoms with Crippen LogP contribution in [0.25, 0.3) is 0 Å². The smallest absolute Gasteiger partial charge is 0.320 e. The van der Waals surface area contributed by atoms with Crippen LogP contribution in [0.4, 0.5) is 13.2 Å². The molecule has 0 saturated carbocycles. The fourth-order valence-electron chi connectivity index (χ4n) is 1.70. The summed E-state index contributed by atoms with van der Waals surface area (Å²) < 4.78 is 38.4. The van der Waals surface area contributed by atoms with E-state index in [0.29, 0.717) is 16.2 Å². The van der Waals surface area contributed by atoms with Crippen molar-refractivity contribution < 1.29 is 13.2 Å². The number of halogens is 4. The summed E-state index contributed by atoms with van der Waals surface area (Å²) in [5.41, 5.74) is 7.72. The minimum Gasteiger partial charge on any atom is -0.320 e. The van der Waals surface area contributed by atoms with Crippen LogP contribution in [0.1, 0.15) is 27.1 Å². The maximum absolute atomic E-state index is 12.5. The van der Waals surface area contributed by atoms with E-state index in [4.69, 9.17) is 5.73 Å². The first-order chi connectivity index (χ1) is 8.79. The minimum absolute atomic E-state index is 0.401. The Morgan fingerprint density at radius 2 is 2.05 bits per heavy atom. The summed E-state index contributed by atoms with van der Waals surface area (Å²) in [5.74, 6) is 0. The van der Waals surface area contributed by atoms with Crippen molar-refractivity contribution in [3.63, 3.8) is 0 Å². The van der Waals surface area contributed by atoms with Gasteiger partial charge in [0.05, 0.1) is 6.04 Å². The summed E-state index contributed by atoms with van der Waals surface area (Å²) in [6, 6.07) is 4.90. The van der Waals surface area contributed by atoms with Crippen molar-refractivity contribution in [1.82, 2.24) is 4.98 Å². The minimum atomic E-state index is -4.42. The third kappa shape index (κ3) is 3.16. The van der Waals surface area contributed by atoms with E-state index in [0.717, 1.165) is 15.6 Å². The van der Waals surface area contributed by atoms with Crippen molar-refractivity contribution in [3.05, 3.63) is 49.9 Å². The second-order valence-corrected chi connectivity index (χ2v) is 6.02. The van der Waals surface area contributed by atoms with Crippen molar-refractivity contribution in [1.29, 1.82) is 0 Å². The number of rotatable bonds is 2. The molecule has 2 nitrogen and oxygen atoms in total.